The van der Waals surface area contributed by atoms with Crippen LogP contribution in [0.25, 0.3) is 0 Å². The molecular weight excluding hydrogens is 266 g/mol. The predicted molar refractivity (Wildman–Crippen MR) is 81.9 cm³/mol. The molecule has 0 spiro atoms. The van der Waals surface area contributed by atoms with Crippen LogP contribution < -0.4 is 0 Å². The van der Waals surface area contributed by atoms with Crippen LogP contribution in [0.3, 0.4) is 0 Å². The number of esters is 1. The lowest BCUT2D eigenvalue weighted by Gasteiger charge is -2.24. The number of aliphatic hydroxyl groups excluding tert-OH is 1. The van der Waals surface area contributed by atoms with Gasteiger partial charge in [0.05, 0.1) is 18.6 Å². The number of rotatable bonds is 7. The highest BCUT2D eigenvalue weighted by Crippen LogP contribution is 2.20. The molecule has 4 nitrogen and oxygen atoms in total. The zero-order valence-electron chi connectivity index (χ0n) is 12.9. The first-order valence-electron chi connectivity index (χ1n) is 7.73. The second-order valence-corrected chi connectivity index (χ2v) is 5.76. The fraction of sp³-hybridized carbons (Fsp3) is 0.588. The number of hydrogen-bond acceptors (Lipinski definition) is 4. The van der Waals surface area contributed by atoms with Gasteiger partial charge in [0.25, 0.3) is 0 Å². The number of aliphatic hydroxyl groups is 1. The molecule has 2 atom stereocenters. The number of benzene rings is 1. The number of nitrogens with zero attached hydrogens (tertiary/aromatic N) is 1. The first kappa shape index (κ1) is 16.0. The number of carbonyl (C=O) groups excluding carboxylic acids is 1. The van der Waals surface area contributed by atoms with E-state index in [-0.39, 0.29) is 11.9 Å². The Morgan fingerprint density at radius 1 is 1.38 bits per heavy atom. The molecule has 2 rings (SSSR count). The van der Waals surface area contributed by atoms with E-state index in [0.29, 0.717) is 13.2 Å². The number of cyclic esters (lactones) is 1. The van der Waals surface area contributed by atoms with Gasteiger partial charge in [-0.15, -0.1) is 0 Å². The normalized spacial score (nSPS) is 19.8. The second kappa shape index (κ2) is 7.57. The standard InChI is InChI=1S/C17H25NO3/c1-3-18(10-8-15-9-11-21-17(15)20)12-16(19)14-6-4-13(2)5-7-14/h4-7,15-16,19H,3,8-12H2,1-2H3. The van der Waals surface area contributed by atoms with Crippen molar-refractivity contribution in [1.29, 1.82) is 0 Å². The van der Waals surface area contributed by atoms with Crippen LogP contribution in [0.15, 0.2) is 24.3 Å². The van der Waals surface area contributed by atoms with Crippen molar-refractivity contribution in [1.82, 2.24) is 4.90 Å². The number of aryl methyl sites for hydroxylation is 1. The molecule has 1 aliphatic heterocycles. The molecule has 116 valence electrons. The lowest BCUT2D eigenvalue weighted by Crippen LogP contribution is -2.31. The van der Waals surface area contributed by atoms with Gasteiger partial charge in [0.1, 0.15) is 0 Å². The second-order valence-electron chi connectivity index (χ2n) is 5.76. The zero-order chi connectivity index (χ0) is 15.2. The highest BCUT2D eigenvalue weighted by Gasteiger charge is 2.26. The Balaban J connectivity index is 1.83. The van der Waals surface area contributed by atoms with E-state index < -0.39 is 6.10 Å². The van der Waals surface area contributed by atoms with Crippen LogP contribution in [0.1, 0.15) is 37.0 Å². The molecule has 1 heterocycles. The fourth-order valence-corrected chi connectivity index (χ4v) is 2.66. The summed E-state index contributed by atoms with van der Waals surface area (Å²) in [5, 5.41) is 10.3. The maximum atomic E-state index is 11.5. The lowest BCUT2D eigenvalue weighted by molar-refractivity contribution is -0.141. The molecule has 0 bridgehead atoms. The van der Waals surface area contributed by atoms with Crippen molar-refractivity contribution in [3.63, 3.8) is 0 Å². The summed E-state index contributed by atoms with van der Waals surface area (Å²) in [4.78, 5) is 13.7. The summed E-state index contributed by atoms with van der Waals surface area (Å²) in [5.74, 6) is -0.0271. The van der Waals surface area contributed by atoms with Gasteiger partial charge in [-0.05, 0) is 38.4 Å². The first-order valence-corrected chi connectivity index (χ1v) is 7.73. The lowest BCUT2D eigenvalue weighted by atomic mass is 10.0. The van der Waals surface area contributed by atoms with Crippen LogP contribution in [-0.2, 0) is 9.53 Å². The Morgan fingerprint density at radius 2 is 2.10 bits per heavy atom. The third kappa shape index (κ3) is 4.55. The summed E-state index contributed by atoms with van der Waals surface area (Å²) in [6.45, 7) is 6.96. The highest BCUT2D eigenvalue weighted by molar-refractivity contribution is 5.74. The molecule has 1 aromatic rings. The smallest absolute Gasteiger partial charge is 0.309 e. The Kier molecular flexibility index (Phi) is 5.76. The van der Waals surface area contributed by atoms with E-state index in [9.17, 15) is 9.90 Å². The molecule has 1 saturated heterocycles. The molecular formula is C17H25NO3. The summed E-state index contributed by atoms with van der Waals surface area (Å²) in [5.41, 5.74) is 2.14. The van der Waals surface area contributed by atoms with Gasteiger partial charge in [-0.3, -0.25) is 4.79 Å². The fourth-order valence-electron chi connectivity index (χ4n) is 2.66. The van der Waals surface area contributed by atoms with E-state index in [2.05, 4.69) is 11.8 Å². The van der Waals surface area contributed by atoms with E-state index in [1.165, 1.54) is 5.56 Å². The molecule has 1 N–H and O–H groups in total. The summed E-state index contributed by atoms with van der Waals surface area (Å²) in [6, 6.07) is 7.98. The summed E-state index contributed by atoms with van der Waals surface area (Å²) in [6.07, 6.45) is 1.16. The summed E-state index contributed by atoms with van der Waals surface area (Å²) < 4.78 is 4.99. The van der Waals surface area contributed by atoms with E-state index in [4.69, 9.17) is 4.74 Å². The van der Waals surface area contributed by atoms with Crippen molar-refractivity contribution in [2.75, 3.05) is 26.2 Å². The quantitative estimate of drug-likeness (QED) is 0.783. The minimum atomic E-state index is -0.485. The number of ether oxygens (including phenoxy) is 1. The van der Waals surface area contributed by atoms with Crippen molar-refractivity contribution < 1.29 is 14.6 Å². The molecule has 0 aliphatic carbocycles. The van der Waals surface area contributed by atoms with Crippen LogP contribution in [0, 0.1) is 12.8 Å². The van der Waals surface area contributed by atoms with E-state index >= 15 is 0 Å². The Hall–Kier alpha value is -1.39. The molecule has 21 heavy (non-hydrogen) atoms. The zero-order valence-corrected chi connectivity index (χ0v) is 12.9. The molecule has 0 radical (unpaired) electrons. The van der Waals surface area contributed by atoms with Crippen molar-refractivity contribution in [3.05, 3.63) is 35.4 Å². The van der Waals surface area contributed by atoms with Gasteiger partial charge in [-0.25, -0.2) is 0 Å². The van der Waals surface area contributed by atoms with E-state index in [0.717, 1.165) is 31.5 Å². The maximum absolute atomic E-state index is 11.5. The van der Waals surface area contributed by atoms with Crippen LogP contribution >= 0.6 is 0 Å². The van der Waals surface area contributed by atoms with E-state index in [1.54, 1.807) is 0 Å². The molecule has 0 amide bonds. The molecule has 1 aromatic carbocycles. The largest absolute Gasteiger partial charge is 0.465 e. The molecule has 0 saturated carbocycles. The summed E-state index contributed by atoms with van der Waals surface area (Å²) >= 11 is 0. The van der Waals surface area contributed by atoms with Crippen LogP contribution in [-0.4, -0.2) is 42.2 Å². The number of likely N-dealkylation sites (N-methyl/N-ethyl adjacent to an activating group) is 1. The third-order valence-electron chi connectivity index (χ3n) is 4.18. The minimum absolute atomic E-state index is 0.0376. The molecule has 1 aliphatic rings. The Morgan fingerprint density at radius 3 is 2.67 bits per heavy atom. The number of hydrogen-bond donors (Lipinski definition) is 1. The van der Waals surface area contributed by atoms with E-state index in [1.807, 2.05) is 31.2 Å². The van der Waals surface area contributed by atoms with Crippen molar-refractivity contribution in [2.45, 2.75) is 32.8 Å². The SMILES string of the molecule is CCN(CCC1CCOC1=O)CC(O)c1ccc(C)cc1. The Labute approximate surface area is 126 Å². The third-order valence-corrected chi connectivity index (χ3v) is 4.18. The minimum Gasteiger partial charge on any atom is -0.465 e. The molecule has 0 aromatic heterocycles. The van der Waals surface area contributed by atoms with Crippen molar-refractivity contribution in [2.24, 2.45) is 5.92 Å². The van der Waals surface area contributed by atoms with Gasteiger partial charge in [-0.2, -0.15) is 0 Å². The monoisotopic (exact) mass is 291 g/mol. The summed E-state index contributed by atoms with van der Waals surface area (Å²) in [7, 11) is 0. The topological polar surface area (TPSA) is 49.8 Å². The van der Waals surface area contributed by atoms with Gasteiger partial charge in [0, 0.05) is 6.54 Å². The average Bonchev–Trinajstić information content (AvgIpc) is 2.89. The predicted octanol–water partition coefficient (Wildman–Crippen LogP) is 2.30. The average molecular weight is 291 g/mol. The Bertz CT molecular complexity index is 458. The molecule has 1 fully saturated rings. The van der Waals surface area contributed by atoms with Crippen LogP contribution in [0.5, 0.6) is 0 Å². The van der Waals surface area contributed by atoms with Gasteiger partial charge in [0.15, 0.2) is 0 Å². The van der Waals surface area contributed by atoms with Crippen molar-refractivity contribution in [3.8, 4) is 0 Å². The van der Waals surface area contributed by atoms with Gasteiger partial charge < -0.3 is 14.7 Å². The molecule has 4 heteroatoms. The number of carbonyl (C=O) groups is 1. The van der Waals surface area contributed by atoms with Crippen molar-refractivity contribution >= 4 is 5.97 Å². The first-order chi connectivity index (χ1) is 10.1. The van der Waals surface area contributed by atoms with Gasteiger partial charge in [-0.1, -0.05) is 36.8 Å². The van der Waals surface area contributed by atoms with Crippen LogP contribution in [0.2, 0.25) is 0 Å². The molecule has 2 unspecified atom stereocenters. The highest BCUT2D eigenvalue weighted by atomic mass is 16.5. The van der Waals surface area contributed by atoms with Crippen LogP contribution in [0.4, 0.5) is 0 Å². The maximum Gasteiger partial charge on any atom is 0.309 e. The van der Waals surface area contributed by atoms with Gasteiger partial charge in [0.2, 0.25) is 0 Å². The van der Waals surface area contributed by atoms with Gasteiger partial charge >= 0.3 is 5.97 Å².